The number of aliphatic imine (C=N–C) groups is 2. The lowest BCUT2D eigenvalue weighted by Gasteiger charge is -2.21. The summed E-state index contributed by atoms with van der Waals surface area (Å²) >= 11 is 0. The minimum atomic E-state index is -0.428. The van der Waals surface area contributed by atoms with Crippen molar-refractivity contribution in [1.29, 1.82) is 0 Å². The molecule has 0 bridgehead atoms. The fourth-order valence-corrected chi connectivity index (χ4v) is 2.71. The van der Waals surface area contributed by atoms with E-state index in [1.807, 2.05) is 31.2 Å². The third-order valence-corrected chi connectivity index (χ3v) is 4.80. The molecule has 6 N–H and O–H groups in total. The zero-order chi connectivity index (χ0) is 24.5. The lowest BCUT2D eigenvalue weighted by molar-refractivity contribution is 0.249. The monoisotopic (exact) mass is 448 g/mol. The Morgan fingerprint density at radius 3 is 2.36 bits per heavy atom. The number of phenolic OH excluding ortho intramolecular Hbond substituents is 1. The topological polar surface area (TPSA) is 129 Å². The van der Waals surface area contributed by atoms with Crippen LogP contribution in [-0.2, 0) is 0 Å². The van der Waals surface area contributed by atoms with Gasteiger partial charge in [0, 0.05) is 11.3 Å². The number of benzene rings is 2. The first-order valence-electron chi connectivity index (χ1n) is 10.7. The van der Waals surface area contributed by atoms with Gasteiger partial charge in [-0.25, -0.2) is 14.8 Å². The molecular weight excluding hydrogens is 416 g/mol. The van der Waals surface area contributed by atoms with Crippen LogP contribution < -0.4 is 21.7 Å². The number of aryl methyl sites for hydroxylation is 1. The summed E-state index contributed by atoms with van der Waals surface area (Å²) < 4.78 is 0. The highest BCUT2D eigenvalue weighted by atomic mass is 16.3. The average Bonchev–Trinajstić information content (AvgIpc) is 2.84. The molecule has 1 aliphatic heterocycles. The van der Waals surface area contributed by atoms with Crippen molar-refractivity contribution in [2.45, 2.75) is 33.6 Å². The molecule has 0 fully saturated rings. The number of nitrogens with one attached hydrogen (secondary N) is 1. The standard InChI is InChI=1S/C21H22N6O2.C4H10/c1-12-4-7-16(8-5-12)27-11-24-20(15-6-9-18(28)17(23)10-15)26-19(13(2)22)14(3)25-21(27)29;1-3-4-2/h4-10,28H,2-3,11,22-23H2,1H3,(H,25,29);3-4H2,1-2H3/b24-20-,26-19?;. The first-order valence-corrected chi connectivity index (χ1v) is 10.7. The molecule has 2 amide bonds. The number of rotatable bonds is 4. The third kappa shape index (κ3) is 6.70. The molecule has 8 nitrogen and oxygen atoms in total. The summed E-state index contributed by atoms with van der Waals surface area (Å²) in [5, 5.41) is 12.4. The number of amides is 2. The summed E-state index contributed by atoms with van der Waals surface area (Å²) in [6, 6.07) is 11.6. The smallest absolute Gasteiger partial charge is 0.327 e. The van der Waals surface area contributed by atoms with E-state index in [0.29, 0.717) is 11.3 Å². The fourth-order valence-electron chi connectivity index (χ4n) is 2.71. The van der Waals surface area contributed by atoms with Crippen LogP contribution in [-0.4, -0.2) is 29.4 Å². The molecule has 0 atom stereocenters. The Labute approximate surface area is 195 Å². The molecule has 0 unspecified atom stereocenters. The van der Waals surface area contributed by atoms with Gasteiger partial charge in [0.15, 0.2) is 5.84 Å². The largest absolute Gasteiger partial charge is 0.506 e. The van der Waals surface area contributed by atoms with Gasteiger partial charge >= 0.3 is 6.03 Å². The molecule has 2 aromatic rings. The number of hydrogen-bond acceptors (Lipinski definition) is 6. The molecule has 8 heteroatoms. The van der Waals surface area contributed by atoms with Crippen LogP contribution in [0.3, 0.4) is 0 Å². The molecule has 174 valence electrons. The lowest BCUT2D eigenvalue weighted by atomic mass is 10.1. The maximum absolute atomic E-state index is 12.8. The molecule has 33 heavy (non-hydrogen) atoms. The number of anilines is 2. The number of unbranched alkanes of at least 4 members (excludes halogenated alkanes) is 1. The zero-order valence-electron chi connectivity index (χ0n) is 19.4. The van der Waals surface area contributed by atoms with Crippen molar-refractivity contribution in [2.75, 3.05) is 17.3 Å². The number of amidine groups is 1. The van der Waals surface area contributed by atoms with E-state index in [9.17, 15) is 9.90 Å². The SMILES string of the molecule is C=C(N)C1=N/C(c2ccc(O)c(N)c2)=N\CN(c2ccc(C)cc2)C(=O)NC1=C.CCCC. The predicted octanol–water partition coefficient (Wildman–Crippen LogP) is 4.45. The van der Waals surface area contributed by atoms with E-state index in [1.54, 1.807) is 12.1 Å². The molecule has 0 aliphatic carbocycles. The Morgan fingerprint density at radius 2 is 1.82 bits per heavy atom. The van der Waals surface area contributed by atoms with E-state index in [2.05, 4.69) is 42.3 Å². The number of carbonyl (C=O) groups excluding carboxylic acids is 1. The van der Waals surface area contributed by atoms with Crippen molar-refractivity contribution in [3.63, 3.8) is 0 Å². The van der Waals surface area contributed by atoms with Crippen LogP contribution >= 0.6 is 0 Å². The minimum absolute atomic E-state index is 0.00782. The summed E-state index contributed by atoms with van der Waals surface area (Å²) in [5.41, 5.74) is 14.6. The predicted molar refractivity (Wildman–Crippen MR) is 137 cm³/mol. The van der Waals surface area contributed by atoms with E-state index in [-0.39, 0.29) is 41.0 Å². The van der Waals surface area contributed by atoms with Gasteiger partial charge in [-0.1, -0.05) is 57.5 Å². The van der Waals surface area contributed by atoms with Gasteiger partial charge in [-0.05, 0) is 37.3 Å². The highest BCUT2D eigenvalue weighted by Crippen LogP contribution is 2.23. The molecule has 3 rings (SSSR count). The molecule has 0 aromatic heterocycles. The van der Waals surface area contributed by atoms with Gasteiger partial charge in [0.2, 0.25) is 0 Å². The maximum Gasteiger partial charge on any atom is 0.327 e. The van der Waals surface area contributed by atoms with Crippen molar-refractivity contribution >= 4 is 29.0 Å². The Balaban J connectivity index is 0.000000890. The van der Waals surface area contributed by atoms with Crippen molar-refractivity contribution in [3.8, 4) is 5.75 Å². The normalized spacial score (nSPS) is 15.5. The Morgan fingerprint density at radius 1 is 1.18 bits per heavy atom. The number of phenols is 1. The quantitative estimate of drug-likeness (QED) is 0.407. The van der Waals surface area contributed by atoms with Gasteiger partial charge in [0.05, 0.1) is 17.1 Å². The Bertz CT molecular complexity index is 1080. The first kappa shape index (κ1) is 25.2. The summed E-state index contributed by atoms with van der Waals surface area (Å²) in [6.45, 7) is 13.9. The number of aromatic hydroxyl groups is 1. The van der Waals surface area contributed by atoms with Crippen molar-refractivity contribution < 1.29 is 9.90 Å². The van der Waals surface area contributed by atoms with E-state index in [4.69, 9.17) is 11.5 Å². The van der Waals surface area contributed by atoms with Crippen molar-refractivity contribution in [2.24, 2.45) is 15.7 Å². The van der Waals surface area contributed by atoms with Gasteiger partial charge in [-0.3, -0.25) is 4.90 Å². The second-order valence-electron chi connectivity index (χ2n) is 7.55. The van der Waals surface area contributed by atoms with E-state index in [0.717, 1.165) is 5.56 Å². The van der Waals surface area contributed by atoms with E-state index >= 15 is 0 Å². The molecule has 0 spiro atoms. The van der Waals surface area contributed by atoms with Crippen molar-refractivity contribution in [1.82, 2.24) is 5.32 Å². The van der Waals surface area contributed by atoms with Crippen LogP contribution in [0.1, 0.15) is 37.8 Å². The first-order chi connectivity index (χ1) is 15.7. The molecule has 0 radical (unpaired) electrons. The van der Waals surface area contributed by atoms with Crippen LogP contribution in [0.25, 0.3) is 0 Å². The number of nitrogen functional groups attached to an aromatic ring is 1. The lowest BCUT2D eigenvalue weighted by Crippen LogP contribution is -2.41. The minimum Gasteiger partial charge on any atom is -0.506 e. The molecule has 1 aliphatic rings. The average molecular weight is 449 g/mol. The van der Waals surface area contributed by atoms with Crippen LogP contribution in [0.2, 0.25) is 0 Å². The van der Waals surface area contributed by atoms with E-state index < -0.39 is 6.03 Å². The summed E-state index contributed by atoms with van der Waals surface area (Å²) in [6.07, 6.45) is 2.64. The fraction of sp³-hybridized carbons (Fsp3) is 0.240. The summed E-state index contributed by atoms with van der Waals surface area (Å²) in [4.78, 5) is 23.2. The molecule has 1 heterocycles. The van der Waals surface area contributed by atoms with Crippen LogP contribution in [0.15, 0.2) is 77.0 Å². The van der Waals surface area contributed by atoms with Crippen LogP contribution in [0.5, 0.6) is 5.75 Å². The Hall–Kier alpha value is -4.07. The Kier molecular flexibility index (Phi) is 8.80. The molecular formula is C25H32N6O2. The number of nitrogens with zero attached hydrogens (tertiary/aromatic N) is 3. The highest BCUT2D eigenvalue weighted by Gasteiger charge is 2.21. The van der Waals surface area contributed by atoms with Gasteiger partial charge in [0.1, 0.15) is 18.1 Å². The van der Waals surface area contributed by atoms with Gasteiger partial charge in [-0.15, -0.1) is 0 Å². The number of nitrogens with two attached hydrogens (primary N) is 2. The number of urea groups is 1. The second kappa shape index (κ2) is 11.5. The van der Waals surface area contributed by atoms with Gasteiger partial charge in [0.25, 0.3) is 0 Å². The van der Waals surface area contributed by atoms with Gasteiger partial charge < -0.3 is 21.9 Å². The molecule has 0 saturated carbocycles. The van der Waals surface area contributed by atoms with Crippen LogP contribution in [0.4, 0.5) is 16.2 Å². The van der Waals surface area contributed by atoms with Crippen molar-refractivity contribution in [3.05, 3.63) is 78.1 Å². The molecule has 0 saturated heterocycles. The highest BCUT2D eigenvalue weighted by molar-refractivity contribution is 6.20. The number of carbonyl (C=O) groups is 1. The summed E-state index contributed by atoms with van der Waals surface area (Å²) in [7, 11) is 0. The molecule has 2 aromatic carbocycles. The van der Waals surface area contributed by atoms with Crippen LogP contribution in [0, 0.1) is 6.92 Å². The van der Waals surface area contributed by atoms with E-state index in [1.165, 1.54) is 23.8 Å². The zero-order valence-corrected chi connectivity index (χ0v) is 19.4. The van der Waals surface area contributed by atoms with Gasteiger partial charge in [-0.2, -0.15) is 0 Å². The number of hydrogen-bond donors (Lipinski definition) is 4. The maximum atomic E-state index is 12.8. The second-order valence-corrected chi connectivity index (χ2v) is 7.55. The third-order valence-electron chi connectivity index (χ3n) is 4.80. The summed E-state index contributed by atoms with van der Waals surface area (Å²) in [5.74, 6) is 0.223.